The van der Waals surface area contributed by atoms with Crippen LogP contribution in [-0.4, -0.2) is 38.3 Å². The molecule has 1 aromatic rings. The summed E-state index contributed by atoms with van der Waals surface area (Å²) in [5.74, 6) is 1.15. The minimum atomic E-state index is -1.01. The molecule has 0 unspecified atom stereocenters. The van der Waals surface area contributed by atoms with E-state index in [2.05, 4.69) is 17.1 Å². The Kier molecular flexibility index (Phi) is 7.93. The standard InChI is InChI=1S/C22H31NO4S2/c1-22(27,12-9-15-4-2-5-15)11-3-6-16-7-8-19(24)17(16)10-13-28-21-23-18(14-29-21)20(25)26/h3,6,14-17,27H,2,4-5,7-13H2,1H3,(H,25,26)/b6-3+/t16-,17-,22-/m1/s1. The largest absolute Gasteiger partial charge is 0.476 e. The summed E-state index contributed by atoms with van der Waals surface area (Å²) in [6, 6.07) is 0. The zero-order valence-corrected chi connectivity index (χ0v) is 18.6. The number of aromatic nitrogens is 1. The van der Waals surface area contributed by atoms with Crippen molar-refractivity contribution in [3.8, 4) is 0 Å². The third-order valence-corrected chi connectivity index (χ3v) is 8.32. The molecule has 1 aromatic heterocycles. The Morgan fingerprint density at radius 1 is 1.38 bits per heavy atom. The molecule has 3 rings (SSSR count). The number of aromatic carboxylic acids is 1. The highest BCUT2D eigenvalue weighted by molar-refractivity contribution is 8.01. The summed E-state index contributed by atoms with van der Waals surface area (Å²) in [6.45, 7) is 1.92. The molecule has 3 atom stereocenters. The van der Waals surface area contributed by atoms with Crippen LogP contribution in [0.3, 0.4) is 0 Å². The number of allylic oxidation sites excluding steroid dienone is 1. The molecule has 2 N–H and O–H groups in total. The Morgan fingerprint density at radius 3 is 2.83 bits per heavy atom. The number of rotatable bonds is 11. The van der Waals surface area contributed by atoms with E-state index in [-0.39, 0.29) is 17.5 Å². The van der Waals surface area contributed by atoms with Gasteiger partial charge in [0.25, 0.3) is 0 Å². The number of thioether (sulfide) groups is 1. The van der Waals surface area contributed by atoms with Crippen LogP contribution in [0.5, 0.6) is 0 Å². The molecule has 5 nitrogen and oxygen atoms in total. The van der Waals surface area contributed by atoms with E-state index in [1.165, 1.54) is 42.4 Å². The van der Waals surface area contributed by atoms with Crippen LogP contribution < -0.4 is 0 Å². The highest BCUT2D eigenvalue weighted by Crippen LogP contribution is 2.36. The van der Waals surface area contributed by atoms with Crippen molar-refractivity contribution >= 4 is 34.9 Å². The molecule has 2 saturated carbocycles. The van der Waals surface area contributed by atoms with Crippen LogP contribution in [0.15, 0.2) is 21.9 Å². The molecule has 0 saturated heterocycles. The van der Waals surface area contributed by atoms with Gasteiger partial charge in [0.1, 0.15) is 5.78 Å². The summed E-state index contributed by atoms with van der Waals surface area (Å²) in [7, 11) is 0. The average Bonchev–Trinajstić information content (AvgIpc) is 3.22. The van der Waals surface area contributed by atoms with Gasteiger partial charge in [0.2, 0.25) is 0 Å². The van der Waals surface area contributed by atoms with Gasteiger partial charge in [-0.15, -0.1) is 11.3 Å². The maximum atomic E-state index is 12.3. The van der Waals surface area contributed by atoms with Crippen LogP contribution in [0, 0.1) is 17.8 Å². The minimum Gasteiger partial charge on any atom is -0.476 e. The normalized spacial score (nSPS) is 24.7. The number of carbonyl (C=O) groups excluding carboxylic acids is 1. The lowest BCUT2D eigenvalue weighted by molar-refractivity contribution is -0.121. The Bertz CT molecular complexity index is 739. The molecule has 0 spiro atoms. The number of hydrogen-bond donors (Lipinski definition) is 2. The summed E-state index contributed by atoms with van der Waals surface area (Å²) in [4.78, 5) is 27.3. The van der Waals surface area contributed by atoms with E-state index >= 15 is 0 Å². The molecule has 2 fully saturated rings. The lowest BCUT2D eigenvalue weighted by Gasteiger charge is -2.29. The number of carboxylic acids is 1. The Labute approximate surface area is 181 Å². The second kappa shape index (κ2) is 10.2. The van der Waals surface area contributed by atoms with E-state index in [9.17, 15) is 14.7 Å². The summed E-state index contributed by atoms with van der Waals surface area (Å²) >= 11 is 2.86. The molecule has 0 bridgehead atoms. The molecule has 0 amide bonds. The lowest BCUT2D eigenvalue weighted by atomic mass is 9.79. The van der Waals surface area contributed by atoms with Crippen molar-refractivity contribution in [1.82, 2.24) is 4.98 Å². The number of aliphatic hydroxyl groups is 1. The third-order valence-electron chi connectivity index (χ3n) is 6.27. The van der Waals surface area contributed by atoms with Gasteiger partial charge in [-0.2, -0.15) is 0 Å². The first-order valence-electron chi connectivity index (χ1n) is 10.6. The molecule has 29 heavy (non-hydrogen) atoms. The fourth-order valence-electron chi connectivity index (χ4n) is 4.13. The van der Waals surface area contributed by atoms with Gasteiger partial charge in [-0.3, -0.25) is 4.79 Å². The van der Waals surface area contributed by atoms with Gasteiger partial charge in [-0.1, -0.05) is 43.2 Å². The number of carboxylic acid groups (broad SMARTS) is 1. The van der Waals surface area contributed by atoms with Crippen molar-refractivity contribution in [3.63, 3.8) is 0 Å². The van der Waals surface area contributed by atoms with Gasteiger partial charge < -0.3 is 10.2 Å². The monoisotopic (exact) mass is 437 g/mol. The Hall–Kier alpha value is -1.18. The van der Waals surface area contributed by atoms with Crippen LogP contribution in [-0.2, 0) is 4.79 Å². The van der Waals surface area contributed by atoms with Crippen molar-refractivity contribution < 1.29 is 19.8 Å². The number of hydrogen-bond acceptors (Lipinski definition) is 6. The molecular formula is C22H31NO4S2. The number of carbonyl (C=O) groups is 2. The number of nitrogens with zero attached hydrogens (tertiary/aromatic N) is 1. The van der Waals surface area contributed by atoms with Crippen LogP contribution in [0.4, 0.5) is 0 Å². The van der Waals surface area contributed by atoms with Gasteiger partial charge >= 0.3 is 5.97 Å². The van der Waals surface area contributed by atoms with Gasteiger partial charge in [0.05, 0.1) is 5.60 Å². The van der Waals surface area contributed by atoms with Crippen molar-refractivity contribution in [2.24, 2.45) is 17.8 Å². The van der Waals surface area contributed by atoms with Crippen molar-refractivity contribution in [1.29, 1.82) is 0 Å². The van der Waals surface area contributed by atoms with Crippen molar-refractivity contribution in [3.05, 3.63) is 23.2 Å². The molecule has 160 valence electrons. The number of ketones is 1. The topological polar surface area (TPSA) is 87.5 Å². The van der Waals surface area contributed by atoms with E-state index in [0.717, 1.165) is 41.7 Å². The third kappa shape index (κ3) is 6.66. The van der Waals surface area contributed by atoms with E-state index in [1.54, 1.807) is 5.38 Å². The van der Waals surface area contributed by atoms with Crippen LogP contribution >= 0.6 is 23.1 Å². The maximum Gasteiger partial charge on any atom is 0.355 e. The highest BCUT2D eigenvalue weighted by Gasteiger charge is 2.32. The summed E-state index contributed by atoms with van der Waals surface area (Å²) in [5, 5.41) is 21.1. The first kappa shape index (κ1) is 22.5. The van der Waals surface area contributed by atoms with E-state index in [4.69, 9.17) is 5.11 Å². The molecule has 2 aliphatic carbocycles. The van der Waals surface area contributed by atoms with Gasteiger partial charge in [0, 0.05) is 23.5 Å². The van der Waals surface area contributed by atoms with Gasteiger partial charge in [0.15, 0.2) is 10.0 Å². The van der Waals surface area contributed by atoms with Crippen LogP contribution in [0.2, 0.25) is 0 Å². The molecule has 2 aliphatic rings. The van der Waals surface area contributed by atoms with Crippen molar-refractivity contribution in [2.45, 2.75) is 74.7 Å². The second-order valence-corrected chi connectivity index (χ2v) is 10.9. The first-order valence-corrected chi connectivity index (χ1v) is 12.4. The van der Waals surface area contributed by atoms with Gasteiger partial charge in [-0.05, 0) is 50.9 Å². The fourth-order valence-corrected chi connectivity index (χ4v) is 6.02. The molecule has 0 aromatic carbocycles. The summed E-state index contributed by atoms with van der Waals surface area (Å²) < 4.78 is 0.738. The summed E-state index contributed by atoms with van der Waals surface area (Å²) in [6.07, 6.45) is 13.1. The Balaban J connectivity index is 1.43. The predicted octanol–water partition coefficient (Wildman–Crippen LogP) is 5.20. The molecule has 7 heteroatoms. The maximum absolute atomic E-state index is 12.3. The molecule has 0 aliphatic heterocycles. The summed E-state index contributed by atoms with van der Waals surface area (Å²) in [5.41, 5.74) is -0.577. The number of thiazole rings is 1. The van der Waals surface area contributed by atoms with Crippen molar-refractivity contribution in [2.75, 3.05) is 5.75 Å². The molecular weight excluding hydrogens is 406 g/mol. The van der Waals surface area contributed by atoms with E-state index in [0.29, 0.717) is 18.6 Å². The highest BCUT2D eigenvalue weighted by atomic mass is 32.2. The Morgan fingerprint density at radius 2 is 2.17 bits per heavy atom. The molecule has 0 radical (unpaired) electrons. The van der Waals surface area contributed by atoms with Gasteiger partial charge in [-0.25, -0.2) is 9.78 Å². The van der Waals surface area contributed by atoms with Crippen LogP contribution in [0.25, 0.3) is 0 Å². The SMILES string of the molecule is C[C@@](O)(C/C=C/[C@@H]1CCC(=O)[C@@H]1CCSc1nc(C(=O)O)cs1)CCC1CCC1. The minimum absolute atomic E-state index is 0.0255. The quantitative estimate of drug-likeness (QED) is 0.366. The smallest absolute Gasteiger partial charge is 0.355 e. The molecule has 1 heterocycles. The first-order chi connectivity index (χ1) is 13.8. The zero-order chi connectivity index (χ0) is 20.9. The predicted molar refractivity (Wildman–Crippen MR) is 117 cm³/mol. The average molecular weight is 438 g/mol. The second-order valence-electron chi connectivity index (χ2n) is 8.68. The van der Waals surface area contributed by atoms with Crippen LogP contribution in [0.1, 0.15) is 75.2 Å². The lowest BCUT2D eigenvalue weighted by Crippen LogP contribution is -2.25. The number of Topliss-reactive ketones (excluding diaryl/α,β-unsaturated/α-hetero) is 1. The fraction of sp³-hybridized carbons (Fsp3) is 0.682. The van der Waals surface area contributed by atoms with E-state index < -0.39 is 11.6 Å². The van der Waals surface area contributed by atoms with E-state index in [1.807, 2.05) is 6.92 Å². The zero-order valence-electron chi connectivity index (χ0n) is 17.0.